The van der Waals surface area contributed by atoms with Crippen LogP contribution in [0.15, 0.2) is 5.16 Å². The summed E-state index contributed by atoms with van der Waals surface area (Å²) in [6.45, 7) is 6.72. The summed E-state index contributed by atoms with van der Waals surface area (Å²) in [6, 6.07) is 0.490. The Morgan fingerprint density at radius 1 is 1.47 bits per heavy atom. The smallest absolute Gasteiger partial charge is 0.209 e. The van der Waals surface area contributed by atoms with Crippen molar-refractivity contribution >= 4 is 11.8 Å². The van der Waals surface area contributed by atoms with Gasteiger partial charge in [0, 0.05) is 32.1 Å². The number of nitrogens with zero attached hydrogens (tertiary/aromatic N) is 4. The second-order valence-corrected chi connectivity index (χ2v) is 5.05. The van der Waals surface area contributed by atoms with Crippen LogP contribution in [-0.4, -0.2) is 52.3 Å². The highest BCUT2D eigenvalue weighted by molar-refractivity contribution is 7.99. The molecular formula is C10H21N5OS. The molecule has 1 rings (SSSR count). The van der Waals surface area contributed by atoms with E-state index >= 15 is 0 Å². The Labute approximate surface area is 106 Å². The fraction of sp³-hybridized carbons (Fsp3) is 0.900. The Balaban J connectivity index is 2.27. The standard InChI is InChI=1S/C10H21N5OS/c1-9(2)11-5-6-15-10(12-13-14-15)17-8-4-7-16-3/h9,11H,4-8H2,1-3H3. The van der Waals surface area contributed by atoms with E-state index in [1.54, 1.807) is 18.9 Å². The normalized spacial score (nSPS) is 11.3. The fourth-order valence-electron chi connectivity index (χ4n) is 1.27. The van der Waals surface area contributed by atoms with Crippen LogP contribution in [0.1, 0.15) is 20.3 Å². The lowest BCUT2D eigenvalue weighted by molar-refractivity contribution is 0.200. The molecule has 0 atom stereocenters. The molecule has 1 heterocycles. The number of aromatic nitrogens is 4. The van der Waals surface area contributed by atoms with Gasteiger partial charge in [-0.05, 0) is 16.8 Å². The Hall–Kier alpha value is -0.660. The molecule has 0 saturated heterocycles. The number of hydrogen-bond donors (Lipinski definition) is 1. The minimum Gasteiger partial charge on any atom is -0.385 e. The van der Waals surface area contributed by atoms with Gasteiger partial charge in [0.2, 0.25) is 5.16 Å². The van der Waals surface area contributed by atoms with Gasteiger partial charge in [-0.25, -0.2) is 4.68 Å². The van der Waals surface area contributed by atoms with Crippen molar-refractivity contribution in [2.75, 3.05) is 26.0 Å². The van der Waals surface area contributed by atoms with E-state index in [9.17, 15) is 0 Å². The maximum absolute atomic E-state index is 5.00. The monoisotopic (exact) mass is 259 g/mol. The predicted octanol–water partition coefficient (Wildman–Crippen LogP) is 0.800. The first-order valence-corrected chi connectivity index (χ1v) is 6.84. The molecule has 0 unspecified atom stereocenters. The van der Waals surface area contributed by atoms with Crippen LogP contribution in [0.25, 0.3) is 0 Å². The number of methoxy groups -OCH3 is 1. The lowest BCUT2D eigenvalue weighted by Gasteiger charge is -2.08. The third-order valence-corrected chi connectivity index (χ3v) is 3.14. The van der Waals surface area contributed by atoms with Crippen molar-refractivity contribution in [3.05, 3.63) is 0 Å². The van der Waals surface area contributed by atoms with Gasteiger partial charge in [0.1, 0.15) is 0 Å². The lowest BCUT2D eigenvalue weighted by atomic mass is 10.4. The summed E-state index contributed by atoms with van der Waals surface area (Å²) in [6.07, 6.45) is 1.01. The summed E-state index contributed by atoms with van der Waals surface area (Å²) < 4.78 is 6.84. The topological polar surface area (TPSA) is 64.9 Å². The van der Waals surface area contributed by atoms with Crippen molar-refractivity contribution in [3.63, 3.8) is 0 Å². The molecule has 0 aromatic carbocycles. The Bertz CT molecular complexity index is 305. The molecule has 98 valence electrons. The van der Waals surface area contributed by atoms with Gasteiger partial charge in [0.05, 0.1) is 6.54 Å². The van der Waals surface area contributed by atoms with Gasteiger partial charge in [-0.3, -0.25) is 0 Å². The molecule has 0 radical (unpaired) electrons. The molecule has 0 aliphatic carbocycles. The van der Waals surface area contributed by atoms with Crippen LogP contribution in [0.4, 0.5) is 0 Å². The molecule has 7 heteroatoms. The molecule has 0 fully saturated rings. The molecule has 0 saturated carbocycles. The van der Waals surface area contributed by atoms with Crippen molar-refractivity contribution in [1.29, 1.82) is 0 Å². The highest BCUT2D eigenvalue weighted by Crippen LogP contribution is 2.14. The van der Waals surface area contributed by atoms with E-state index in [4.69, 9.17) is 4.74 Å². The zero-order valence-corrected chi connectivity index (χ0v) is 11.5. The van der Waals surface area contributed by atoms with Crippen LogP contribution < -0.4 is 5.32 Å². The molecule has 0 bridgehead atoms. The van der Waals surface area contributed by atoms with Crippen LogP contribution in [0.2, 0.25) is 0 Å². The maximum atomic E-state index is 5.00. The van der Waals surface area contributed by atoms with Gasteiger partial charge in [0.25, 0.3) is 0 Å². The third-order valence-electron chi connectivity index (χ3n) is 2.10. The number of tetrazole rings is 1. The van der Waals surface area contributed by atoms with Crippen molar-refractivity contribution in [1.82, 2.24) is 25.5 Å². The molecule has 1 aromatic heterocycles. The second kappa shape index (κ2) is 8.43. The summed E-state index contributed by atoms with van der Waals surface area (Å²) in [5.74, 6) is 0.978. The molecule has 6 nitrogen and oxygen atoms in total. The summed E-state index contributed by atoms with van der Waals surface area (Å²) in [5, 5.41) is 15.9. The largest absolute Gasteiger partial charge is 0.385 e. The van der Waals surface area contributed by atoms with Crippen LogP contribution >= 0.6 is 11.8 Å². The maximum Gasteiger partial charge on any atom is 0.209 e. The fourth-order valence-corrected chi connectivity index (χ4v) is 2.08. The van der Waals surface area contributed by atoms with Gasteiger partial charge >= 0.3 is 0 Å². The quantitative estimate of drug-likeness (QED) is 0.523. The first-order valence-electron chi connectivity index (χ1n) is 5.85. The highest BCUT2D eigenvalue weighted by Gasteiger charge is 2.06. The van der Waals surface area contributed by atoms with E-state index in [1.165, 1.54) is 0 Å². The number of nitrogens with one attached hydrogen (secondary N) is 1. The average Bonchev–Trinajstić information content (AvgIpc) is 2.72. The Kier molecular flexibility index (Phi) is 7.14. The Morgan fingerprint density at radius 2 is 2.29 bits per heavy atom. The second-order valence-electron chi connectivity index (χ2n) is 3.99. The van der Waals surface area contributed by atoms with Crippen LogP contribution in [0.5, 0.6) is 0 Å². The van der Waals surface area contributed by atoms with Crippen LogP contribution in [0.3, 0.4) is 0 Å². The molecule has 1 N–H and O–H groups in total. The molecule has 1 aromatic rings. The van der Waals surface area contributed by atoms with Gasteiger partial charge < -0.3 is 10.1 Å². The van der Waals surface area contributed by atoms with Crippen molar-refractivity contribution in [3.8, 4) is 0 Å². The van der Waals surface area contributed by atoms with Gasteiger partial charge in [0.15, 0.2) is 0 Å². The molecular weight excluding hydrogens is 238 g/mol. The van der Waals surface area contributed by atoms with E-state index in [1.807, 2.05) is 4.68 Å². The van der Waals surface area contributed by atoms with Gasteiger partial charge in [-0.2, -0.15) is 0 Å². The number of thioether (sulfide) groups is 1. The zero-order valence-electron chi connectivity index (χ0n) is 10.7. The molecule has 0 aliphatic heterocycles. The zero-order chi connectivity index (χ0) is 12.5. The third kappa shape index (κ3) is 5.99. The minimum atomic E-state index is 0.490. The summed E-state index contributed by atoms with van der Waals surface area (Å²) in [5.41, 5.74) is 0. The van der Waals surface area contributed by atoms with E-state index in [0.29, 0.717) is 6.04 Å². The first-order chi connectivity index (χ1) is 8.24. The molecule has 0 spiro atoms. The Morgan fingerprint density at radius 3 is 3.00 bits per heavy atom. The molecule has 17 heavy (non-hydrogen) atoms. The van der Waals surface area contributed by atoms with Crippen molar-refractivity contribution in [2.45, 2.75) is 38.0 Å². The number of rotatable bonds is 9. The first kappa shape index (κ1) is 14.4. The van der Waals surface area contributed by atoms with Crippen molar-refractivity contribution < 1.29 is 4.74 Å². The van der Waals surface area contributed by atoms with E-state index in [0.717, 1.165) is 37.0 Å². The summed E-state index contributed by atoms with van der Waals surface area (Å²) >= 11 is 1.67. The summed E-state index contributed by atoms with van der Waals surface area (Å²) in [4.78, 5) is 0. The van der Waals surface area contributed by atoms with E-state index in [-0.39, 0.29) is 0 Å². The molecule has 0 amide bonds. The lowest BCUT2D eigenvalue weighted by Crippen LogP contribution is -2.27. The van der Waals surface area contributed by atoms with E-state index in [2.05, 4.69) is 34.7 Å². The number of hydrogen-bond acceptors (Lipinski definition) is 6. The summed E-state index contributed by atoms with van der Waals surface area (Å²) in [7, 11) is 1.71. The predicted molar refractivity (Wildman–Crippen MR) is 68.2 cm³/mol. The minimum absolute atomic E-state index is 0.490. The number of ether oxygens (including phenoxy) is 1. The van der Waals surface area contributed by atoms with E-state index < -0.39 is 0 Å². The average molecular weight is 259 g/mol. The van der Waals surface area contributed by atoms with Gasteiger partial charge in [-0.15, -0.1) is 5.10 Å². The van der Waals surface area contributed by atoms with Crippen LogP contribution in [-0.2, 0) is 11.3 Å². The highest BCUT2D eigenvalue weighted by atomic mass is 32.2. The molecule has 0 aliphatic rings. The SMILES string of the molecule is COCCCSc1nnnn1CCNC(C)C. The van der Waals surface area contributed by atoms with Gasteiger partial charge in [-0.1, -0.05) is 25.6 Å². The van der Waals surface area contributed by atoms with Crippen molar-refractivity contribution in [2.24, 2.45) is 0 Å². The van der Waals surface area contributed by atoms with Crippen LogP contribution in [0, 0.1) is 0 Å².